The highest BCUT2D eigenvalue weighted by Crippen LogP contribution is 2.25. The van der Waals surface area contributed by atoms with Crippen LogP contribution >= 0.6 is 23.2 Å². The van der Waals surface area contributed by atoms with Crippen molar-refractivity contribution in [3.8, 4) is 0 Å². The summed E-state index contributed by atoms with van der Waals surface area (Å²) in [6, 6.07) is 9.48. The predicted octanol–water partition coefficient (Wildman–Crippen LogP) is 4.25. The SMILES string of the molecule is O=C(Nc1ccc(Cl)c(Cl)c1)NS(=O)(=O)c1ccc2ccoc2c1. The van der Waals surface area contributed by atoms with Crippen LogP contribution in [0.4, 0.5) is 10.5 Å². The maximum Gasteiger partial charge on any atom is 0.333 e. The quantitative estimate of drug-likeness (QED) is 0.706. The number of anilines is 1. The maximum absolute atomic E-state index is 12.3. The fourth-order valence-electron chi connectivity index (χ4n) is 2.01. The van der Waals surface area contributed by atoms with Gasteiger partial charge >= 0.3 is 6.03 Å². The molecule has 2 N–H and O–H groups in total. The molecule has 3 aromatic rings. The van der Waals surface area contributed by atoms with Crippen molar-refractivity contribution >= 4 is 55.9 Å². The number of sulfonamides is 1. The molecular formula is C15H10Cl2N2O4S. The van der Waals surface area contributed by atoms with Crippen molar-refractivity contribution < 1.29 is 17.6 Å². The van der Waals surface area contributed by atoms with E-state index in [1.165, 1.54) is 36.6 Å². The monoisotopic (exact) mass is 384 g/mol. The Labute approximate surface area is 147 Å². The van der Waals surface area contributed by atoms with Gasteiger partial charge in [-0.25, -0.2) is 17.9 Å². The number of amides is 2. The summed E-state index contributed by atoms with van der Waals surface area (Å²) in [4.78, 5) is 11.8. The lowest BCUT2D eigenvalue weighted by Crippen LogP contribution is -2.34. The number of fused-ring (bicyclic) bond motifs is 1. The number of carbonyl (C=O) groups excluding carboxylic acids is 1. The minimum atomic E-state index is -4.05. The molecule has 0 saturated carbocycles. The zero-order valence-corrected chi connectivity index (χ0v) is 14.2. The van der Waals surface area contributed by atoms with E-state index >= 15 is 0 Å². The first-order valence-electron chi connectivity index (χ1n) is 6.61. The van der Waals surface area contributed by atoms with Crippen LogP contribution < -0.4 is 10.0 Å². The lowest BCUT2D eigenvalue weighted by Gasteiger charge is -2.09. The topological polar surface area (TPSA) is 88.4 Å². The normalized spacial score (nSPS) is 11.4. The van der Waals surface area contributed by atoms with Crippen molar-refractivity contribution in [3.63, 3.8) is 0 Å². The molecule has 0 aliphatic carbocycles. The molecule has 2 aromatic carbocycles. The lowest BCUT2D eigenvalue weighted by atomic mass is 10.3. The third-order valence-corrected chi connectivity index (χ3v) is 5.21. The number of hydrogen-bond acceptors (Lipinski definition) is 4. The smallest absolute Gasteiger partial charge is 0.333 e. The number of furan rings is 1. The lowest BCUT2D eigenvalue weighted by molar-refractivity contribution is 0.256. The second-order valence-corrected chi connectivity index (χ2v) is 7.31. The number of halogens is 2. The molecular weight excluding hydrogens is 375 g/mol. The van der Waals surface area contributed by atoms with Gasteiger partial charge in [-0.1, -0.05) is 23.2 Å². The molecule has 9 heteroatoms. The van der Waals surface area contributed by atoms with E-state index in [0.29, 0.717) is 16.3 Å². The van der Waals surface area contributed by atoms with E-state index in [-0.39, 0.29) is 9.92 Å². The van der Waals surface area contributed by atoms with E-state index in [1.807, 2.05) is 4.72 Å². The fraction of sp³-hybridized carbons (Fsp3) is 0. The van der Waals surface area contributed by atoms with Crippen LogP contribution in [0.3, 0.4) is 0 Å². The van der Waals surface area contributed by atoms with Crippen LogP contribution in [0.25, 0.3) is 11.0 Å². The van der Waals surface area contributed by atoms with E-state index in [2.05, 4.69) is 5.32 Å². The van der Waals surface area contributed by atoms with Gasteiger partial charge in [-0.3, -0.25) is 0 Å². The third-order valence-electron chi connectivity index (χ3n) is 3.14. The van der Waals surface area contributed by atoms with Crippen molar-refractivity contribution in [3.05, 3.63) is 58.8 Å². The standard InChI is InChI=1S/C15H10Cl2N2O4S/c16-12-4-2-10(7-13(12)17)18-15(20)19-24(21,22)11-3-1-9-5-6-23-14(9)8-11/h1-8H,(H2,18,19,20). The highest BCUT2D eigenvalue weighted by molar-refractivity contribution is 7.90. The molecule has 0 spiro atoms. The summed E-state index contributed by atoms with van der Waals surface area (Å²) in [5.74, 6) is 0. The van der Waals surface area contributed by atoms with Crippen LogP contribution in [0, 0.1) is 0 Å². The fourth-order valence-corrected chi connectivity index (χ4v) is 3.23. The Balaban J connectivity index is 1.77. The van der Waals surface area contributed by atoms with Crippen molar-refractivity contribution in [1.82, 2.24) is 4.72 Å². The van der Waals surface area contributed by atoms with Gasteiger partial charge in [0.05, 0.1) is 21.2 Å². The Hall–Kier alpha value is -2.22. The predicted molar refractivity (Wildman–Crippen MR) is 92.0 cm³/mol. The average molecular weight is 385 g/mol. The second kappa shape index (κ2) is 6.35. The zero-order chi connectivity index (χ0) is 17.3. The van der Waals surface area contributed by atoms with E-state index < -0.39 is 16.1 Å². The number of rotatable bonds is 3. The van der Waals surface area contributed by atoms with Gasteiger partial charge in [-0.15, -0.1) is 0 Å². The van der Waals surface area contributed by atoms with Gasteiger partial charge < -0.3 is 9.73 Å². The third kappa shape index (κ3) is 3.48. The second-order valence-electron chi connectivity index (χ2n) is 4.81. The number of carbonyl (C=O) groups is 1. The van der Waals surface area contributed by atoms with E-state index in [9.17, 15) is 13.2 Å². The molecule has 0 fully saturated rings. The molecule has 0 atom stereocenters. The Morgan fingerprint density at radius 2 is 1.79 bits per heavy atom. The number of nitrogens with one attached hydrogen (secondary N) is 2. The number of benzene rings is 2. The first-order chi connectivity index (χ1) is 11.3. The molecule has 1 aromatic heterocycles. The largest absolute Gasteiger partial charge is 0.464 e. The highest BCUT2D eigenvalue weighted by Gasteiger charge is 2.19. The molecule has 6 nitrogen and oxygen atoms in total. The Kier molecular flexibility index (Phi) is 4.40. The van der Waals surface area contributed by atoms with Gasteiger partial charge in [0.1, 0.15) is 5.58 Å². The van der Waals surface area contributed by atoms with Crippen molar-refractivity contribution in [2.45, 2.75) is 4.90 Å². The molecule has 0 unspecified atom stereocenters. The minimum absolute atomic E-state index is 0.0887. The molecule has 1 heterocycles. The first-order valence-corrected chi connectivity index (χ1v) is 8.85. The maximum atomic E-state index is 12.3. The summed E-state index contributed by atoms with van der Waals surface area (Å²) < 4.78 is 31.6. The van der Waals surface area contributed by atoms with E-state index in [4.69, 9.17) is 27.6 Å². The van der Waals surface area contributed by atoms with Crippen LogP contribution in [0.2, 0.25) is 10.0 Å². The Morgan fingerprint density at radius 3 is 2.54 bits per heavy atom. The molecule has 0 bridgehead atoms. The van der Waals surface area contributed by atoms with Crippen molar-refractivity contribution in [2.75, 3.05) is 5.32 Å². The summed E-state index contributed by atoms with van der Waals surface area (Å²) >= 11 is 11.6. The molecule has 0 aliphatic rings. The van der Waals surface area contributed by atoms with Crippen LogP contribution in [0.5, 0.6) is 0 Å². The van der Waals surface area contributed by atoms with Gasteiger partial charge in [0.2, 0.25) is 0 Å². The van der Waals surface area contributed by atoms with Crippen molar-refractivity contribution in [1.29, 1.82) is 0 Å². The molecule has 24 heavy (non-hydrogen) atoms. The summed E-state index contributed by atoms with van der Waals surface area (Å²) in [5, 5.41) is 3.69. The van der Waals surface area contributed by atoms with Gasteiger partial charge in [0.25, 0.3) is 10.0 Å². The summed E-state index contributed by atoms with van der Waals surface area (Å²) in [5.41, 5.74) is 0.710. The molecule has 0 aliphatic heterocycles. The van der Waals surface area contributed by atoms with Gasteiger partial charge in [-0.2, -0.15) is 0 Å². The molecule has 2 amide bonds. The molecule has 3 rings (SSSR count). The van der Waals surface area contributed by atoms with Gasteiger partial charge in [-0.05, 0) is 36.4 Å². The average Bonchev–Trinajstić information content (AvgIpc) is 2.98. The molecule has 0 saturated heterocycles. The summed E-state index contributed by atoms with van der Waals surface area (Å²) in [6.07, 6.45) is 1.45. The van der Waals surface area contributed by atoms with Gasteiger partial charge in [0, 0.05) is 17.1 Å². The molecule has 124 valence electrons. The number of hydrogen-bond donors (Lipinski definition) is 2. The van der Waals surface area contributed by atoms with Crippen LogP contribution in [0.1, 0.15) is 0 Å². The Morgan fingerprint density at radius 1 is 1.00 bits per heavy atom. The number of urea groups is 1. The Bertz CT molecular complexity index is 1030. The van der Waals surface area contributed by atoms with E-state index in [0.717, 1.165) is 5.39 Å². The zero-order valence-electron chi connectivity index (χ0n) is 11.9. The summed E-state index contributed by atoms with van der Waals surface area (Å²) in [6.45, 7) is 0. The first kappa shape index (κ1) is 16.6. The van der Waals surface area contributed by atoms with E-state index in [1.54, 1.807) is 12.1 Å². The highest BCUT2D eigenvalue weighted by atomic mass is 35.5. The van der Waals surface area contributed by atoms with Crippen molar-refractivity contribution in [2.24, 2.45) is 0 Å². The van der Waals surface area contributed by atoms with Crippen LogP contribution in [0.15, 0.2) is 58.0 Å². The van der Waals surface area contributed by atoms with Gasteiger partial charge in [0.15, 0.2) is 0 Å². The van der Waals surface area contributed by atoms with Crippen LogP contribution in [-0.4, -0.2) is 14.4 Å². The molecule has 0 radical (unpaired) electrons. The summed E-state index contributed by atoms with van der Waals surface area (Å²) in [7, 11) is -4.05. The minimum Gasteiger partial charge on any atom is -0.464 e. The van der Waals surface area contributed by atoms with Crippen LogP contribution in [-0.2, 0) is 10.0 Å².